The van der Waals surface area contributed by atoms with Crippen molar-refractivity contribution in [1.29, 1.82) is 0 Å². The zero-order chi connectivity index (χ0) is 10.4. The van der Waals surface area contributed by atoms with Gasteiger partial charge in [-0.05, 0) is 32.4 Å². The first-order valence-corrected chi connectivity index (χ1v) is 5.47. The van der Waals surface area contributed by atoms with Crippen LogP contribution in [0.5, 0.6) is 0 Å². The van der Waals surface area contributed by atoms with Crippen LogP contribution in [-0.2, 0) is 4.79 Å². The molecule has 4 N–H and O–H groups in total. The predicted octanol–water partition coefficient (Wildman–Crippen LogP) is 0.0651. The van der Waals surface area contributed by atoms with E-state index in [2.05, 4.69) is 4.90 Å². The summed E-state index contributed by atoms with van der Waals surface area (Å²) in [6.45, 7) is 3.20. The minimum atomic E-state index is -0.474. The minimum Gasteiger partial charge on any atom is -0.368 e. The van der Waals surface area contributed by atoms with E-state index in [4.69, 9.17) is 11.5 Å². The molecule has 82 valence electrons. The molecule has 1 atom stereocenters. The van der Waals surface area contributed by atoms with Crippen molar-refractivity contribution >= 4 is 5.91 Å². The van der Waals surface area contributed by atoms with Gasteiger partial charge in [-0.15, -0.1) is 0 Å². The normalized spacial score (nSPS) is 21.5. The minimum absolute atomic E-state index is 0.389. The molecule has 0 aromatic rings. The number of rotatable bonds is 4. The smallest absolute Gasteiger partial charge is 0.234 e. The zero-order valence-electron chi connectivity index (χ0n) is 8.74. The van der Waals surface area contributed by atoms with E-state index in [1.807, 2.05) is 0 Å². The van der Waals surface area contributed by atoms with Crippen LogP contribution in [0.15, 0.2) is 0 Å². The van der Waals surface area contributed by atoms with Crippen molar-refractivity contribution in [1.82, 2.24) is 4.90 Å². The Morgan fingerprint density at radius 2 is 1.79 bits per heavy atom. The topological polar surface area (TPSA) is 72.3 Å². The fourth-order valence-electron chi connectivity index (χ4n) is 1.82. The molecule has 0 aliphatic carbocycles. The second-order valence-corrected chi connectivity index (χ2v) is 4.05. The maximum atomic E-state index is 10.7. The van der Waals surface area contributed by atoms with Crippen LogP contribution in [0.25, 0.3) is 0 Å². The quantitative estimate of drug-likeness (QED) is 0.672. The van der Waals surface area contributed by atoms with Crippen molar-refractivity contribution in [2.75, 3.05) is 19.6 Å². The summed E-state index contributed by atoms with van der Waals surface area (Å²) in [5.74, 6) is -0.389. The summed E-state index contributed by atoms with van der Waals surface area (Å²) in [5.41, 5.74) is 10.7. The Morgan fingerprint density at radius 3 is 2.29 bits per heavy atom. The Morgan fingerprint density at radius 1 is 1.21 bits per heavy atom. The molecule has 1 aliphatic heterocycles. The van der Waals surface area contributed by atoms with E-state index < -0.39 is 6.04 Å². The lowest BCUT2D eigenvalue weighted by atomic mass is 10.2. The van der Waals surface area contributed by atoms with Crippen LogP contribution in [0.1, 0.15) is 32.1 Å². The average Bonchev–Trinajstić information content (AvgIpc) is 2.42. The van der Waals surface area contributed by atoms with Gasteiger partial charge in [0.2, 0.25) is 5.91 Å². The number of nitrogens with zero attached hydrogens (tertiary/aromatic N) is 1. The fourth-order valence-corrected chi connectivity index (χ4v) is 1.82. The van der Waals surface area contributed by atoms with Crippen molar-refractivity contribution in [2.45, 2.75) is 38.1 Å². The third-order valence-electron chi connectivity index (χ3n) is 2.82. The summed E-state index contributed by atoms with van der Waals surface area (Å²) in [7, 11) is 0. The van der Waals surface area contributed by atoms with Gasteiger partial charge in [0, 0.05) is 6.54 Å². The zero-order valence-corrected chi connectivity index (χ0v) is 8.74. The van der Waals surface area contributed by atoms with Crippen LogP contribution in [0, 0.1) is 0 Å². The molecule has 1 unspecified atom stereocenters. The number of primary amides is 1. The Kier molecular flexibility index (Phi) is 4.90. The van der Waals surface area contributed by atoms with Crippen LogP contribution in [0.4, 0.5) is 0 Å². The second kappa shape index (κ2) is 5.98. The highest BCUT2D eigenvalue weighted by Crippen LogP contribution is 2.09. The summed E-state index contributed by atoms with van der Waals surface area (Å²) < 4.78 is 0. The Balaban J connectivity index is 2.18. The molecule has 0 spiro atoms. The van der Waals surface area contributed by atoms with E-state index in [0.29, 0.717) is 6.42 Å². The molecule has 1 saturated heterocycles. The van der Waals surface area contributed by atoms with Crippen LogP contribution in [-0.4, -0.2) is 36.5 Å². The van der Waals surface area contributed by atoms with Gasteiger partial charge in [0.15, 0.2) is 0 Å². The molecule has 1 fully saturated rings. The van der Waals surface area contributed by atoms with Crippen molar-refractivity contribution in [3.8, 4) is 0 Å². The molecular weight excluding hydrogens is 178 g/mol. The lowest BCUT2D eigenvalue weighted by Crippen LogP contribution is -2.39. The Bertz CT molecular complexity index is 176. The highest BCUT2D eigenvalue weighted by Gasteiger charge is 2.13. The van der Waals surface area contributed by atoms with Gasteiger partial charge < -0.3 is 16.4 Å². The van der Waals surface area contributed by atoms with Crippen LogP contribution >= 0.6 is 0 Å². The van der Waals surface area contributed by atoms with E-state index >= 15 is 0 Å². The molecular formula is C10H21N3O. The molecule has 0 saturated carbocycles. The van der Waals surface area contributed by atoms with Gasteiger partial charge in [-0.2, -0.15) is 0 Å². The van der Waals surface area contributed by atoms with Gasteiger partial charge in [-0.25, -0.2) is 0 Å². The van der Waals surface area contributed by atoms with Gasteiger partial charge in [0.05, 0.1) is 6.04 Å². The van der Waals surface area contributed by atoms with Gasteiger partial charge in [-0.3, -0.25) is 4.79 Å². The molecule has 0 bridgehead atoms. The highest BCUT2D eigenvalue weighted by atomic mass is 16.1. The molecule has 0 radical (unpaired) electrons. The van der Waals surface area contributed by atoms with Crippen LogP contribution < -0.4 is 11.5 Å². The molecule has 1 aliphatic rings. The first kappa shape index (κ1) is 11.5. The monoisotopic (exact) mass is 199 g/mol. The van der Waals surface area contributed by atoms with Gasteiger partial charge in [0.25, 0.3) is 0 Å². The van der Waals surface area contributed by atoms with Gasteiger partial charge in [-0.1, -0.05) is 12.8 Å². The van der Waals surface area contributed by atoms with Crippen molar-refractivity contribution in [3.05, 3.63) is 0 Å². The van der Waals surface area contributed by atoms with Gasteiger partial charge in [0.1, 0.15) is 0 Å². The summed E-state index contributed by atoms with van der Waals surface area (Å²) in [4.78, 5) is 13.1. The number of amides is 1. The first-order valence-electron chi connectivity index (χ1n) is 5.47. The number of hydrogen-bond acceptors (Lipinski definition) is 3. The number of likely N-dealkylation sites (tertiary alicyclic amines) is 1. The standard InChI is InChI=1S/C10H21N3O/c11-9(10(12)14)5-8-13-6-3-1-2-4-7-13/h9H,1-8,11H2,(H2,12,14). The van der Waals surface area contributed by atoms with Gasteiger partial charge >= 0.3 is 0 Å². The van der Waals surface area contributed by atoms with E-state index in [9.17, 15) is 4.79 Å². The van der Waals surface area contributed by atoms with Crippen molar-refractivity contribution in [2.24, 2.45) is 11.5 Å². The summed E-state index contributed by atoms with van der Waals surface area (Å²) in [6.07, 6.45) is 5.89. The van der Waals surface area contributed by atoms with Crippen LogP contribution in [0.2, 0.25) is 0 Å². The maximum absolute atomic E-state index is 10.7. The summed E-state index contributed by atoms with van der Waals surface area (Å²) in [5, 5.41) is 0. The molecule has 4 heteroatoms. The molecule has 14 heavy (non-hydrogen) atoms. The first-order chi connectivity index (χ1) is 6.70. The fraction of sp³-hybridized carbons (Fsp3) is 0.900. The maximum Gasteiger partial charge on any atom is 0.234 e. The van der Waals surface area contributed by atoms with E-state index in [-0.39, 0.29) is 5.91 Å². The molecule has 1 heterocycles. The molecule has 1 rings (SSSR count). The van der Waals surface area contributed by atoms with Crippen LogP contribution in [0.3, 0.4) is 0 Å². The van der Waals surface area contributed by atoms with Crippen molar-refractivity contribution < 1.29 is 4.79 Å². The summed E-state index contributed by atoms with van der Waals surface area (Å²) in [6, 6.07) is -0.474. The largest absolute Gasteiger partial charge is 0.368 e. The summed E-state index contributed by atoms with van der Waals surface area (Å²) >= 11 is 0. The third-order valence-corrected chi connectivity index (χ3v) is 2.82. The Hall–Kier alpha value is -0.610. The number of carbonyl (C=O) groups is 1. The number of carbonyl (C=O) groups excluding carboxylic acids is 1. The lowest BCUT2D eigenvalue weighted by molar-refractivity contribution is -0.119. The molecule has 0 aromatic carbocycles. The average molecular weight is 199 g/mol. The second-order valence-electron chi connectivity index (χ2n) is 4.05. The predicted molar refractivity (Wildman–Crippen MR) is 56.7 cm³/mol. The van der Waals surface area contributed by atoms with Crippen molar-refractivity contribution in [3.63, 3.8) is 0 Å². The van der Waals surface area contributed by atoms with E-state index in [1.165, 1.54) is 25.7 Å². The number of nitrogens with two attached hydrogens (primary N) is 2. The molecule has 4 nitrogen and oxygen atoms in total. The highest BCUT2D eigenvalue weighted by molar-refractivity contribution is 5.79. The molecule has 1 amide bonds. The number of hydrogen-bond donors (Lipinski definition) is 2. The van der Waals surface area contributed by atoms with E-state index in [1.54, 1.807) is 0 Å². The van der Waals surface area contributed by atoms with E-state index in [0.717, 1.165) is 19.6 Å². The SMILES string of the molecule is NC(=O)C(N)CCN1CCCCCC1. The molecule has 0 aromatic heterocycles. The Labute approximate surface area is 85.6 Å². The third kappa shape index (κ3) is 4.07. The lowest BCUT2D eigenvalue weighted by Gasteiger charge is -2.20.